The van der Waals surface area contributed by atoms with Crippen LogP contribution >= 0.6 is 15.9 Å². The zero-order valence-corrected chi connectivity index (χ0v) is 26.8. The van der Waals surface area contributed by atoms with Crippen LogP contribution in [0, 0.1) is 6.92 Å². The fourth-order valence-electron chi connectivity index (χ4n) is 4.84. The molecule has 0 fully saturated rings. The number of hydrogen-bond donors (Lipinski definition) is 1. The highest BCUT2D eigenvalue weighted by Crippen LogP contribution is 2.35. The average molecular weight is 682 g/mol. The largest absolute Gasteiger partial charge is 0.496 e. The smallest absolute Gasteiger partial charge is 0.282 e. The Morgan fingerprint density at radius 2 is 1.76 bits per heavy atom. The van der Waals surface area contributed by atoms with Crippen LogP contribution < -0.4 is 25.1 Å². The second-order valence-corrected chi connectivity index (χ2v) is 11.1. The first-order valence-corrected chi connectivity index (χ1v) is 15.2. The minimum absolute atomic E-state index is 0.221. The highest BCUT2D eigenvalue weighted by molar-refractivity contribution is 9.10. The van der Waals surface area contributed by atoms with Crippen LogP contribution in [0.4, 0.5) is 5.69 Å². The van der Waals surface area contributed by atoms with Crippen LogP contribution in [-0.2, 0) is 4.79 Å². The second-order valence-electron chi connectivity index (χ2n) is 10.3. The molecule has 0 unspecified atom stereocenters. The van der Waals surface area contributed by atoms with Gasteiger partial charge >= 0.3 is 0 Å². The first kappa shape index (κ1) is 30.6. The standard InChI is InChI=1S/C35H29BrN4O6/c1-4-44-30-16-22(26(36)18-31(30)45-20-33(41)38-23-14-12-21(2)13-15-23)19-37-40-34(39-27-9-6-5-8-24(27)35(40)42)32-17-25-28(43-3)10-7-11-29(25)46-32/h5-19H,4,20H2,1-3H3,(H,38,41). The summed E-state index contributed by atoms with van der Waals surface area (Å²) in [6.07, 6.45) is 1.52. The third-order valence-corrected chi connectivity index (χ3v) is 7.77. The van der Waals surface area contributed by atoms with E-state index in [-0.39, 0.29) is 23.9 Å². The van der Waals surface area contributed by atoms with Gasteiger partial charge in [-0.3, -0.25) is 9.59 Å². The van der Waals surface area contributed by atoms with Crippen molar-refractivity contribution in [1.82, 2.24) is 9.66 Å². The van der Waals surface area contributed by atoms with E-state index in [1.807, 2.05) is 62.4 Å². The van der Waals surface area contributed by atoms with E-state index in [9.17, 15) is 9.59 Å². The SMILES string of the molecule is CCOc1cc(C=Nn2c(-c3cc4c(OC)cccc4o3)nc3ccccc3c2=O)c(Br)cc1OCC(=O)Nc1ccc(C)cc1. The van der Waals surface area contributed by atoms with Gasteiger partial charge in [-0.25, -0.2) is 4.98 Å². The molecule has 1 N–H and O–H groups in total. The normalized spacial score (nSPS) is 11.3. The lowest BCUT2D eigenvalue weighted by molar-refractivity contribution is -0.118. The van der Waals surface area contributed by atoms with Gasteiger partial charge in [-0.15, -0.1) is 0 Å². The quantitative estimate of drug-likeness (QED) is 0.152. The number of fused-ring (bicyclic) bond motifs is 2. The number of methoxy groups -OCH3 is 1. The Labute approximate surface area is 272 Å². The number of nitrogens with one attached hydrogen (secondary N) is 1. The second kappa shape index (κ2) is 13.3. The van der Waals surface area contributed by atoms with Gasteiger partial charge in [-0.05, 0) is 84.4 Å². The molecule has 232 valence electrons. The molecular weight excluding hydrogens is 652 g/mol. The van der Waals surface area contributed by atoms with Crippen molar-refractivity contribution in [2.75, 3.05) is 25.6 Å². The highest BCUT2D eigenvalue weighted by Gasteiger charge is 2.18. The first-order chi connectivity index (χ1) is 22.3. The van der Waals surface area contributed by atoms with E-state index in [1.165, 1.54) is 10.9 Å². The summed E-state index contributed by atoms with van der Waals surface area (Å²) in [6, 6.07) is 25.2. The maximum absolute atomic E-state index is 13.7. The number of carbonyl (C=O) groups is 1. The van der Waals surface area contributed by atoms with Crippen LogP contribution in [-0.4, -0.2) is 42.1 Å². The molecule has 6 rings (SSSR count). The van der Waals surface area contributed by atoms with Gasteiger partial charge in [0.25, 0.3) is 11.5 Å². The van der Waals surface area contributed by atoms with E-state index in [1.54, 1.807) is 43.5 Å². The maximum Gasteiger partial charge on any atom is 0.282 e. The van der Waals surface area contributed by atoms with E-state index in [0.29, 0.717) is 61.8 Å². The van der Waals surface area contributed by atoms with Crippen molar-refractivity contribution < 1.29 is 23.4 Å². The summed E-state index contributed by atoms with van der Waals surface area (Å²) in [4.78, 5) is 31.0. The molecule has 0 aliphatic carbocycles. The number of nitrogens with zero attached hydrogens (tertiary/aromatic N) is 3. The van der Waals surface area contributed by atoms with Gasteiger partial charge in [0.05, 0.1) is 36.2 Å². The molecule has 1 amide bonds. The van der Waals surface area contributed by atoms with Crippen LogP contribution in [0.3, 0.4) is 0 Å². The number of hydrogen-bond acceptors (Lipinski definition) is 8. The summed E-state index contributed by atoms with van der Waals surface area (Å²) < 4.78 is 25.1. The third kappa shape index (κ3) is 6.36. The van der Waals surface area contributed by atoms with Crippen molar-refractivity contribution in [2.24, 2.45) is 5.10 Å². The molecule has 0 spiro atoms. The molecule has 0 aliphatic rings. The number of benzene rings is 4. The number of furan rings is 1. The van der Waals surface area contributed by atoms with Gasteiger partial charge in [0.2, 0.25) is 5.82 Å². The van der Waals surface area contributed by atoms with Crippen molar-refractivity contribution >= 4 is 55.6 Å². The van der Waals surface area contributed by atoms with Gasteiger partial charge in [0, 0.05) is 15.7 Å². The maximum atomic E-state index is 13.7. The van der Waals surface area contributed by atoms with Crippen molar-refractivity contribution in [2.45, 2.75) is 13.8 Å². The number of para-hydroxylation sites is 1. The average Bonchev–Trinajstić information content (AvgIpc) is 3.50. The number of carbonyl (C=O) groups excluding carboxylic acids is 1. The molecule has 11 heteroatoms. The van der Waals surface area contributed by atoms with E-state index < -0.39 is 0 Å². The van der Waals surface area contributed by atoms with Gasteiger partial charge in [-0.2, -0.15) is 9.78 Å². The van der Waals surface area contributed by atoms with Gasteiger partial charge in [-0.1, -0.05) is 35.9 Å². The van der Waals surface area contributed by atoms with E-state index in [4.69, 9.17) is 23.6 Å². The summed E-state index contributed by atoms with van der Waals surface area (Å²) in [5.41, 5.74) is 3.09. The molecule has 2 aromatic heterocycles. The van der Waals surface area contributed by atoms with Crippen molar-refractivity contribution in [3.05, 3.63) is 111 Å². The zero-order valence-electron chi connectivity index (χ0n) is 25.2. The van der Waals surface area contributed by atoms with E-state index >= 15 is 0 Å². The monoisotopic (exact) mass is 680 g/mol. The van der Waals surface area contributed by atoms with E-state index in [2.05, 4.69) is 26.3 Å². The van der Waals surface area contributed by atoms with Gasteiger partial charge < -0.3 is 23.9 Å². The third-order valence-electron chi connectivity index (χ3n) is 7.08. The van der Waals surface area contributed by atoms with Gasteiger partial charge in [0.1, 0.15) is 11.3 Å². The molecular formula is C35H29BrN4O6. The Morgan fingerprint density at radius 3 is 2.54 bits per heavy atom. The van der Waals surface area contributed by atoms with Crippen molar-refractivity contribution in [3.8, 4) is 28.8 Å². The number of rotatable bonds is 10. The molecule has 0 bridgehead atoms. The predicted octanol–water partition coefficient (Wildman–Crippen LogP) is 7.19. The predicted molar refractivity (Wildman–Crippen MR) is 181 cm³/mol. The fourth-order valence-corrected chi connectivity index (χ4v) is 5.27. The lowest BCUT2D eigenvalue weighted by Gasteiger charge is -2.14. The zero-order chi connectivity index (χ0) is 32.2. The summed E-state index contributed by atoms with van der Waals surface area (Å²) in [5, 5.41) is 8.53. The lowest BCUT2D eigenvalue weighted by atomic mass is 10.2. The fraction of sp³-hybridized carbons (Fsp3) is 0.143. The molecule has 0 radical (unpaired) electrons. The van der Waals surface area contributed by atoms with Crippen LogP contribution in [0.2, 0.25) is 0 Å². The molecule has 0 aliphatic heterocycles. The summed E-state index contributed by atoms with van der Waals surface area (Å²) in [6.45, 7) is 3.96. The molecule has 4 aromatic carbocycles. The molecule has 0 atom stereocenters. The highest BCUT2D eigenvalue weighted by atomic mass is 79.9. The Balaban J connectivity index is 1.34. The Bertz CT molecular complexity index is 2150. The minimum Gasteiger partial charge on any atom is -0.496 e. The minimum atomic E-state index is -0.370. The number of ether oxygens (including phenoxy) is 3. The van der Waals surface area contributed by atoms with Crippen LogP contribution in [0.1, 0.15) is 18.1 Å². The first-order valence-electron chi connectivity index (χ1n) is 14.4. The molecule has 2 heterocycles. The molecule has 0 saturated heterocycles. The Kier molecular flexibility index (Phi) is 8.84. The molecule has 0 saturated carbocycles. The number of aryl methyl sites for hydroxylation is 1. The van der Waals surface area contributed by atoms with Crippen LogP contribution in [0.5, 0.6) is 17.2 Å². The number of anilines is 1. The van der Waals surface area contributed by atoms with E-state index in [0.717, 1.165) is 10.9 Å². The summed E-state index contributed by atoms with van der Waals surface area (Å²) in [5.74, 6) is 1.66. The topological polar surface area (TPSA) is 117 Å². The lowest BCUT2D eigenvalue weighted by Crippen LogP contribution is -2.20. The Morgan fingerprint density at radius 1 is 0.978 bits per heavy atom. The van der Waals surface area contributed by atoms with Crippen LogP contribution in [0.25, 0.3) is 33.5 Å². The molecule has 46 heavy (non-hydrogen) atoms. The summed E-state index contributed by atoms with van der Waals surface area (Å²) >= 11 is 3.57. The van der Waals surface area contributed by atoms with Crippen molar-refractivity contribution in [3.63, 3.8) is 0 Å². The Hall–Kier alpha value is -5.42. The van der Waals surface area contributed by atoms with Crippen molar-refractivity contribution in [1.29, 1.82) is 0 Å². The molecule has 10 nitrogen and oxygen atoms in total. The summed E-state index contributed by atoms with van der Waals surface area (Å²) in [7, 11) is 1.58. The number of halogens is 1. The number of amides is 1. The number of aromatic nitrogens is 2. The molecule has 6 aromatic rings. The van der Waals surface area contributed by atoms with Gasteiger partial charge in [0.15, 0.2) is 23.9 Å². The van der Waals surface area contributed by atoms with Crippen LogP contribution in [0.15, 0.2) is 104 Å².